The smallest absolute Gasteiger partial charge is 0.159 e. The summed E-state index contributed by atoms with van der Waals surface area (Å²) in [5.41, 5.74) is 0.956. The summed E-state index contributed by atoms with van der Waals surface area (Å²) in [6.07, 6.45) is 4.89. The first-order chi connectivity index (χ1) is 8.24. The van der Waals surface area contributed by atoms with Crippen LogP contribution in [0.4, 0.5) is 8.78 Å². The molecule has 2 aliphatic carbocycles. The number of hydrogen-bond acceptors (Lipinski definition) is 1. The third-order valence-corrected chi connectivity index (χ3v) is 4.04. The number of benzene rings is 1. The van der Waals surface area contributed by atoms with Crippen LogP contribution in [0.15, 0.2) is 18.2 Å². The van der Waals surface area contributed by atoms with E-state index in [4.69, 9.17) is 0 Å². The predicted molar refractivity (Wildman–Crippen MR) is 62.8 cm³/mol. The zero-order valence-corrected chi connectivity index (χ0v) is 9.76. The molecule has 0 aliphatic heterocycles. The molecule has 2 aliphatic rings. The average molecular weight is 237 g/mol. The molecule has 0 aromatic heterocycles. The van der Waals surface area contributed by atoms with Gasteiger partial charge in [0, 0.05) is 6.04 Å². The van der Waals surface area contributed by atoms with Crippen LogP contribution in [-0.2, 0) is 0 Å². The zero-order chi connectivity index (χ0) is 11.8. The van der Waals surface area contributed by atoms with E-state index in [1.165, 1.54) is 31.4 Å². The Kier molecular flexibility index (Phi) is 2.87. The molecule has 0 heterocycles. The topological polar surface area (TPSA) is 12.0 Å². The second kappa shape index (κ2) is 4.37. The van der Waals surface area contributed by atoms with Crippen molar-refractivity contribution in [2.75, 3.05) is 6.54 Å². The normalized spacial score (nSPS) is 27.9. The second-order valence-electron chi connectivity index (χ2n) is 5.30. The molecule has 0 saturated heterocycles. The third kappa shape index (κ3) is 2.34. The highest BCUT2D eigenvalue weighted by Gasteiger charge is 2.33. The number of nitrogens with one attached hydrogen (secondary N) is 1. The fourth-order valence-electron chi connectivity index (χ4n) is 2.60. The molecule has 1 aromatic carbocycles. The van der Waals surface area contributed by atoms with Crippen LogP contribution in [0.1, 0.15) is 37.2 Å². The van der Waals surface area contributed by atoms with E-state index in [2.05, 4.69) is 5.32 Å². The first-order valence-electron chi connectivity index (χ1n) is 6.42. The molecule has 0 radical (unpaired) electrons. The summed E-state index contributed by atoms with van der Waals surface area (Å²) in [5, 5.41) is 3.52. The van der Waals surface area contributed by atoms with Gasteiger partial charge in [0.15, 0.2) is 11.6 Å². The monoisotopic (exact) mass is 237 g/mol. The van der Waals surface area contributed by atoms with Gasteiger partial charge in [-0.2, -0.15) is 0 Å². The third-order valence-electron chi connectivity index (χ3n) is 4.04. The molecule has 17 heavy (non-hydrogen) atoms. The van der Waals surface area contributed by atoms with E-state index in [-0.39, 0.29) is 0 Å². The molecular formula is C14H17F2N. The van der Waals surface area contributed by atoms with E-state index >= 15 is 0 Å². The molecule has 3 rings (SSSR count). The Balaban J connectivity index is 1.64. The Morgan fingerprint density at radius 3 is 2.47 bits per heavy atom. The second-order valence-corrected chi connectivity index (χ2v) is 5.30. The summed E-state index contributed by atoms with van der Waals surface area (Å²) in [5.74, 6) is -0.458. The highest BCUT2D eigenvalue weighted by atomic mass is 19.2. The van der Waals surface area contributed by atoms with E-state index in [0.717, 1.165) is 24.6 Å². The lowest BCUT2D eigenvalue weighted by atomic mass is 9.70. The predicted octanol–water partition coefficient (Wildman–Crippen LogP) is 3.21. The maximum Gasteiger partial charge on any atom is 0.159 e. The summed E-state index contributed by atoms with van der Waals surface area (Å²) in [6, 6.07) is 5.06. The first-order valence-corrected chi connectivity index (χ1v) is 6.42. The molecule has 2 fully saturated rings. The maximum atomic E-state index is 13.2. The molecule has 2 saturated carbocycles. The van der Waals surface area contributed by atoms with E-state index < -0.39 is 11.6 Å². The lowest BCUT2D eigenvalue weighted by molar-refractivity contribution is 0.244. The highest BCUT2D eigenvalue weighted by molar-refractivity contribution is 5.24. The van der Waals surface area contributed by atoms with Crippen LogP contribution in [0.5, 0.6) is 0 Å². The van der Waals surface area contributed by atoms with Gasteiger partial charge in [0.25, 0.3) is 0 Å². The van der Waals surface area contributed by atoms with E-state index in [1.54, 1.807) is 6.07 Å². The van der Waals surface area contributed by atoms with Crippen molar-refractivity contribution in [1.29, 1.82) is 0 Å². The van der Waals surface area contributed by atoms with Gasteiger partial charge in [0.2, 0.25) is 0 Å². The van der Waals surface area contributed by atoms with Crippen molar-refractivity contribution in [3.8, 4) is 0 Å². The van der Waals surface area contributed by atoms with Crippen LogP contribution >= 0.6 is 0 Å². The SMILES string of the molecule is Fc1ccc(C2CCC2CNC2CC2)cc1F. The molecule has 2 atom stereocenters. The van der Waals surface area contributed by atoms with Crippen molar-refractivity contribution in [1.82, 2.24) is 5.32 Å². The van der Waals surface area contributed by atoms with Gasteiger partial charge in [-0.1, -0.05) is 6.07 Å². The van der Waals surface area contributed by atoms with Crippen molar-refractivity contribution in [2.24, 2.45) is 5.92 Å². The van der Waals surface area contributed by atoms with Crippen LogP contribution in [0.25, 0.3) is 0 Å². The van der Waals surface area contributed by atoms with Gasteiger partial charge in [-0.25, -0.2) is 8.78 Å². The Bertz CT molecular complexity index is 415. The molecule has 0 spiro atoms. The standard InChI is InChI=1S/C14H17F2N/c15-13-6-2-9(7-14(13)16)12-5-1-10(12)8-17-11-3-4-11/h2,6-7,10-12,17H,1,3-5,8H2. The molecule has 0 bridgehead atoms. The van der Waals surface area contributed by atoms with Gasteiger partial charge >= 0.3 is 0 Å². The minimum Gasteiger partial charge on any atom is -0.314 e. The number of halogens is 2. The molecule has 1 aromatic rings. The fourth-order valence-corrected chi connectivity index (χ4v) is 2.60. The Morgan fingerprint density at radius 1 is 1.06 bits per heavy atom. The maximum absolute atomic E-state index is 13.2. The summed E-state index contributed by atoms with van der Waals surface area (Å²) >= 11 is 0. The van der Waals surface area contributed by atoms with Crippen LogP contribution < -0.4 is 5.32 Å². The fraction of sp³-hybridized carbons (Fsp3) is 0.571. The van der Waals surface area contributed by atoms with Gasteiger partial charge < -0.3 is 5.32 Å². The first kappa shape index (κ1) is 11.1. The van der Waals surface area contributed by atoms with Gasteiger partial charge in [-0.05, 0) is 61.8 Å². The molecule has 1 nitrogen and oxygen atoms in total. The quantitative estimate of drug-likeness (QED) is 0.848. The summed E-state index contributed by atoms with van der Waals surface area (Å²) in [7, 11) is 0. The Labute approximate surface area is 100 Å². The van der Waals surface area contributed by atoms with Gasteiger partial charge in [-0.3, -0.25) is 0 Å². The number of hydrogen-bond donors (Lipinski definition) is 1. The largest absolute Gasteiger partial charge is 0.314 e. The van der Waals surface area contributed by atoms with Crippen molar-refractivity contribution in [3.63, 3.8) is 0 Å². The minimum absolute atomic E-state index is 0.413. The van der Waals surface area contributed by atoms with Crippen LogP contribution in [-0.4, -0.2) is 12.6 Å². The van der Waals surface area contributed by atoms with Crippen molar-refractivity contribution >= 4 is 0 Å². The highest BCUT2D eigenvalue weighted by Crippen LogP contribution is 2.42. The van der Waals surface area contributed by atoms with E-state index in [9.17, 15) is 8.78 Å². The molecule has 1 N–H and O–H groups in total. The molecule has 92 valence electrons. The average Bonchev–Trinajstić information content (AvgIpc) is 3.06. The lowest BCUT2D eigenvalue weighted by Crippen LogP contribution is -2.34. The lowest BCUT2D eigenvalue weighted by Gasteiger charge is -2.37. The zero-order valence-electron chi connectivity index (χ0n) is 9.76. The van der Waals surface area contributed by atoms with Crippen LogP contribution in [0.2, 0.25) is 0 Å². The Morgan fingerprint density at radius 2 is 1.88 bits per heavy atom. The van der Waals surface area contributed by atoms with Gasteiger partial charge in [0.05, 0.1) is 0 Å². The van der Waals surface area contributed by atoms with E-state index in [0.29, 0.717) is 11.8 Å². The number of rotatable bonds is 4. The molecule has 0 amide bonds. The molecule has 2 unspecified atom stereocenters. The van der Waals surface area contributed by atoms with Gasteiger partial charge in [0.1, 0.15) is 0 Å². The molecule has 3 heteroatoms. The van der Waals surface area contributed by atoms with Crippen molar-refractivity contribution < 1.29 is 8.78 Å². The Hall–Kier alpha value is -0.960. The summed E-state index contributed by atoms with van der Waals surface area (Å²) in [6.45, 7) is 1.02. The van der Waals surface area contributed by atoms with Gasteiger partial charge in [-0.15, -0.1) is 0 Å². The van der Waals surface area contributed by atoms with Crippen LogP contribution in [0.3, 0.4) is 0 Å². The van der Waals surface area contributed by atoms with Crippen molar-refractivity contribution in [2.45, 2.75) is 37.6 Å². The summed E-state index contributed by atoms with van der Waals surface area (Å²) in [4.78, 5) is 0. The van der Waals surface area contributed by atoms with Crippen LogP contribution in [0, 0.1) is 17.6 Å². The molecular weight excluding hydrogens is 220 g/mol. The van der Waals surface area contributed by atoms with E-state index in [1.807, 2.05) is 0 Å². The van der Waals surface area contributed by atoms with Crippen molar-refractivity contribution in [3.05, 3.63) is 35.4 Å². The summed E-state index contributed by atoms with van der Waals surface area (Å²) < 4.78 is 26.0. The minimum atomic E-state index is -0.749.